The number of nitrogens with zero attached hydrogens (tertiary/aromatic N) is 3. The molecule has 3 rings (SSSR count). The molecule has 1 saturated heterocycles. The zero-order valence-corrected chi connectivity index (χ0v) is 15.1. The number of likely N-dealkylation sites (tertiary alicyclic amines) is 1. The van der Waals surface area contributed by atoms with Gasteiger partial charge < -0.3 is 10.0 Å². The summed E-state index contributed by atoms with van der Waals surface area (Å²) >= 11 is 0. The van der Waals surface area contributed by atoms with Gasteiger partial charge in [0.2, 0.25) is 0 Å². The predicted molar refractivity (Wildman–Crippen MR) is 93.9 cm³/mol. The molecular formula is C19H22FN3O3. The molecule has 7 heteroatoms. The van der Waals surface area contributed by atoms with E-state index >= 15 is 0 Å². The first-order valence-electron chi connectivity index (χ1n) is 8.65. The highest BCUT2D eigenvalue weighted by Gasteiger charge is 2.33. The summed E-state index contributed by atoms with van der Waals surface area (Å²) in [4.78, 5) is 25.6. The van der Waals surface area contributed by atoms with E-state index in [4.69, 9.17) is 0 Å². The van der Waals surface area contributed by atoms with Gasteiger partial charge >= 0.3 is 5.97 Å². The molecule has 0 spiro atoms. The number of carboxylic acid groups (broad SMARTS) is 1. The maximum Gasteiger partial charge on any atom is 0.308 e. The molecule has 2 aromatic rings. The highest BCUT2D eigenvalue weighted by molar-refractivity contribution is 5.95. The Hall–Kier alpha value is -2.70. The van der Waals surface area contributed by atoms with E-state index in [1.165, 1.54) is 21.7 Å². The van der Waals surface area contributed by atoms with Crippen molar-refractivity contribution in [3.63, 3.8) is 0 Å². The van der Waals surface area contributed by atoms with Crippen LogP contribution in [0.3, 0.4) is 0 Å². The van der Waals surface area contributed by atoms with Crippen molar-refractivity contribution in [1.29, 1.82) is 0 Å². The van der Waals surface area contributed by atoms with Crippen molar-refractivity contribution >= 4 is 11.9 Å². The number of piperidine rings is 1. The Morgan fingerprint density at radius 2 is 1.96 bits per heavy atom. The smallest absolute Gasteiger partial charge is 0.308 e. The van der Waals surface area contributed by atoms with Crippen LogP contribution in [-0.4, -0.2) is 44.3 Å². The first-order chi connectivity index (χ1) is 12.3. The zero-order valence-electron chi connectivity index (χ0n) is 15.1. The Morgan fingerprint density at radius 3 is 2.54 bits per heavy atom. The van der Waals surface area contributed by atoms with Gasteiger partial charge in [-0.05, 0) is 57.9 Å². The lowest BCUT2D eigenvalue weighted by Crippen LogP contribution is -2.47. The molecule has 26 heavy (non-hydrogen) atoms. The second kappa shape index (κ2) is 6.90. The third-order valence-corrected chi connectivity index (χ3v) is 4.92. The average molecular weight is 359 g/mol. The van der Waals surface area contributed by atoms with Gasteiger partial charge in [0.25, 0.3) is 5.91 Å². The predicted octanol–water partition coefficient (Wildman–Crippen LogP) is 2.95. The van der Waals surface area contributed by atoms with E-state index in [2.05, 4.69) is 5.10 Å². The molecule has 1 amide bonds. The van der Waals surface area contributed by atoms with Crippen molar-refractivity contribution in [2.45, 2.75) is 39.7 Å². The molecule has 6 nitrogen and oxygen atoms in total. The van der Waals surface area contributed by atoms with Crippen LogP contribution in [0.2, 0.25) is 0 Å². The molecule has 1 aromatic carbocycles. The Balaban J connectivity index is 1.87. The number of halogens is 1. The largest absolute Gasteiger partial charge is 0.481 e. The maximum absolute atomic E-state index is 14.6. The van der Waals surface area contributed by atoms with Gasteiger partial charge in [-0.2, -0.15) is 5.10 Å². The molecule has 2 unspecified atom stereocenters. The highest BCUT2D eigenvalue weighted by atomic mass is 19.1. The fraction of sp³-hybridized carbons (Fsp3) is 0.421. The summed E-state index contributed by atoms with van der Waals surface area (Å²) in [7, 11) is 0. The number of carboxylic acids is 1. The second-order valence-electron chi connectivity index (χ2n) is 6.92. The number of hydrogen-bond acceptors (Lipinski definition) is 3. The fourth-order valence-corrected chi connectivity index (χ4v) is 3.44. The van der Waals surface area contributed by atoms with Gasteiger partial charge in [0.05, 0.1) is 11.6 Å². The molecule has 138 valence electrons. The molecule has 2 heterocycles. The Labute approximate surface area is 151 Å². The van der Waals surface area contributed by atoms with Crippen molar-refractivity contribution in [3.05, 3.63) is 47.0 Å². The Morgan fingerprint density at radius 1 is 1.23 bits per heavy atom. The number of hydrogen-bond donors (Lipinski definition) is 1. The van der Waals surface area contributed by atoms with Crippen LogP contribution in [0.15, 0.2) is 24.3 Å². The lowest BCUT2D eigenvalue weighted by Gasteiger charge is -2.36. The number of aryl methyl sites for hydroxylation is 2. The van der Waals surface area contributed by atoms with Crippen LogP contribution < -0.4 is 0 Å². The number of carbonyl (C=O) groups excluding carboxylic acids is 1. The molecule has 2 atom stereocenters. The summed E-state index contributed by atoms with van der Waals surface area (Å²) in [5, 5.41) is 13.5. The van der Waals surface area contributed by atoms with Gasteiger partial charge in [-0.1, -0.05) is 0 Å². The summed E-state index contributed by atoms with van der Waals surface area (Å²) in [6.07, 6.45) is 1.17. The zero-order chi connectivity index (χ0) is 19.0. The molecule has 1 aromatic heterocycles. The van der Waals surface area contributed by atoms with Crippen molar-refractivity contribution in [2.75, 3.05) is 6.54 Å². The van der Waals surface area contributed by atoms with Gasteiger partial charge in [-0.25, -0.2) is 9.07 Å². The molecule has 0 bridgehead atoms. The fourth-order valence-electron chi connectivity index (χ4n) is 3.44. The molecule has 1 aliphatic rings. The van der Waals surface area contributed by atoms with Gasteiger partial charge in [0, 0.05) is 23.8 Å². The number of benzene rings is 1. The van der Waals surface area contributed by atoms with Gasteiger partial charge in [0.15, 0.2) is 0 Å². The van der Waals surface area contributed by atoms with Crippen LogP contribution in [0, 0.1) is 25.6 Å². The first kappa shape index (κ1) is 18.1. The third kappa shape index (κ3) is 3.34. The standard InChI is InChI=1S/C19H22FN3O3/c1-11-8-13(3)23(21-11)17-7-6-14(9-16(17)20)18(24)22-10-15(19(25)26)5-4-12(22)2/h6-9,12,15H,4-5,10H2,1-3H3,(H,25,26). The molecule has 1 N–H and O–H groups in total. The summed E-state index contributed by atoms with van der Waals surface area (Å²) in [6, 6.07) is 6.07. The van der Waals surface area contributed by atoms with Crippen LogP contribution in [0.4, 0.5) is 4.39 Å². The Kier molecular flexibility index (Phi) is 4.80. The highest BCUT2D eigenvalue weighted by Crippen LogP contribution is 2.25. The quantitative estimate of drug-likeness (QED) is 0.914. The van der Waals surface area contributed by atoms with Crippen LogP contribution >= 0.6 is 0 Å². The second-order valence-corrected chi connectivity index (χ2v) is 6.92. The van der Waals surface area contributed by atoms with Crippen molar-refractivity contribution in [2.24, 2.45) is 5.92 Å². The van der Waals surface area contributed by atoms with Crippen molar-refractivity contribution < 1.29 is 19.1 Å². The van der Waals surface area contributed by atoms with Gasteiger partial charge in [0.1, 0.15) is 11.5 Å². The number of amides is 1. The van der Waals surface area contributed by atoms with Gasteiger partial charge in [-0.15, -0.1) is 0 Å². The normalized spacial score (nSPS) is 20.2. The lowest BCUT2D eigenvalue weighted by molar-refractivity contribution is -0.143. The lowest BCUT2D eigenvalue weighted by atomic mass is 9.93. The minimum absolute atomic E-state index is 0.0724. The van der Waals surface area contributed by atoms with E-state index in [1.54, 1.807) is 6.07 Å². The van der Waals surface area contributed by atoms with Gasteiger partial charge in [-0.3, -0.25) is 9.59 Å². The maximum atomic E-state index is 14.6. The number of aliphatic carboxylic acids is 1. The van der Waals surface area contributed by atoms with E-state index in [0.29, 0.717) is 12.8 Å². The van der Waals surface area contributed by atoms with Crippen LogP contribution in [0.25, 0.3) is 5.69 Å². The average Bonchev–Trinajstić information content (AvgIpc) is 2.92. The SMILES string of the molecule is Cc1cc(C)n(-c2ccc(C(=O)N3CC(C(=O)O)CCC3C)cc2F)n1. The van der Waals surface area contributed by atoms with Crippen LogP contribution in [-0.2, 0) is 4.79 Å². The molecule has 1 aliphatic heterocycles. The molecule has 0 saturated carbocycles. The Bertz CT molecular complexity index is 862. The minimum atomic E-state index is -0.902. The monoisotopic (exact) mass is 359 g/mol. The van der Waals surface area contributed by atoms with E-state index in [-0.39, 0.29) is 29.7 Å². The van der Waals surface area contributed by atoms with Crippen molar-refractivity contribution in [3.8, 4) is 5.69 Å². The van der Waals surface area contributed by atoms with E-state index in [0.717, 1.165) is 11.4 Å². The minimum Gasteiger partial charge on any atom is -0.481 e. The molecule has 0 radical (unpaired) electrons. The molecule has 1 fully saturated rings. The number of carbonyl (C=O) groups is 2. The van der Waals surface area contributed by atoms with E-state index in [1.807, 2.05) is 26.8 Å². The van der Waals surface area contributed by atoms with E-state index < -0.39 is 17.7 Å². The topological polar surface area (TPSA) is 75.4 Å². The number of rotatable bonds is 3. The van der Waals surface area contributed by atoms with E-state index in [9.17, 15) is 19.1 Å². The molecule has 0 aliphatic carbocycles. The summed E-state index contributed by atoms with van der Waals surface area (Å²) in [6.45, 7) is 5.70. The summed E-state index contributed by atoms with van der Waals surface area (Å²) in [5.41, 5.74) is 2.08. The van der Waals surface area contributed by atoms with Crippen molar-refractivity contribution in [1.82, 2.24) is 14.7 Å². The summed E-state index contributed by atoms with van der Waals surface area (Å²) in [5.74, 6) is -2.36. The summed E-state index contributed by atoms with van der Waals surface area (Å²) < 4.78 is 16.1. The third-order valence-electron chi connectivity index (χ3n) is 4.92. The number of aromatic nitrogens is 2. The van der Waals surface area contributed by atoms with Crippen LogP contribution in [0.5, 0.6) is 0 Å². The van der Waals surface area contributed by atoms with Crippen LogP contribution in [0.1, 0.15) is 41.5 Å². The first-order valence-corrected chi connectivity index (χ1v) is 8.65. The molecular weight excluding hydrogens is 337 g/mol.